The van der Waals surface area contributed by atoms with Crippen molar-refractivity contribution in [1.82, 2.24) is 0 Å². The Hall–Kier alpha value is -2.62. The lowest BCUT2D eigenvalue weighted by Gasteiger charge is -1.98. The van der Waals surface area contributed by atoms with E-state index in [0.717, 1.165) is 0 Å². The van der Waals surface area contributed by atoms with E-state index in [1.807, 2.05) is 0 Å². The molecule has 2 aromatic rings. The van der Waals surface area contributed by atoms with Gasteiger partial charge < -0.3 is 10.2 Å². The first-order valence-electron chi connectivity index (χ1n) is 5.32. The lowest BCUT2D eigenvalue weighted by Crippen LogP contribution is -1.94. The zero-order valence-electron chi connectivity index (χ0n) is 9.45. The van der Waals surface area contributed by atoms with Crippen LogP contribution in [0.3, 0.4) is 0 Å². The highest BCUT2D eigenvalue weighted by Gasteiger charge is 2.00. The number of nitrogens with zero attached hydrogens (tertiary/aromatic N) is 1. The van der Waals surface area contributed by atoms with Crippen molar-refractivity contribution in [1.29, 1.82) is 0 Å². The monoisotopic (exact) mass is 241 g/mol. The molecule has 0 aliphatic rings. The Morgan fingerprint density at radius 3 is 2.33 bits per heavy atom. The quantitative estimate of drug-likeness (QED) is 0.812. The van der Waals surface area contributed by atoms with E-state index in [9.17, 15) is 9.90 Å². The summed E-state index contributed by atoms with van der Waals surface area (Å²) in [5.74, 6) is -0.811. The van der Waals surface area contributed by atoms with Crippen LogP contribution in [0.5, 0.6) is 5.75 Å². The summed E-state index contributed by atoms with van der Waals surface area (Å²) in [7, 11) is 0. The highest BCUT2D eigenvalue weighted by atomic mass is 16.4. The molecule has 0 fully saturated rings. The highest BCUT2D eigenvalue weighted by Crippen LogP contribution is 2.16. The molecule has 0 atom stereocenters. The van der Waals surface area contributed by atoms with Crippen molar-refractivity contribution in [2.75, 3.05) is 0 Å². The smallest absolute Gasteiger partial charge is 0.335 e. The van der Waals surface area contributed by atoms with Gasteiger partial charge in [-0.2, -0.15) is 0 Å². The number of aromatic carboxylic acids is 1. The molecule has 18 heavy (non-hydrogen) atoms. The van der Waals surface area contributed by atoms with Gasteiger partial charge in [-0.05, 0) is 36.4 Å². The third-order valence-corrected chi connectivity index (χ3v) is 2.40. The van der Waals surface area contributed by atoms with Gasteiger partial charge in [0.2, 0.25) is 0 Å². The van der Waals surface area contributed by atoms with Crippen LogP contribution in [-0.2, 0) is 0 Å². The van der Waals surface area contributed by atoms with E-state index in [2.05, 4.69) is 4.99 Å². The molecule has 2 rings (SSSR count). The van der Waals surface area contributed by atoms with Gasteiger partial charge in [0.1, 0.15) is 5.75 Å². The Kier molecular flexibility index (Phi) is 3.38. The van der Waals surface area contributed by atoms with Crippen molar-refractivity contribution in [3.05, 3.63) is 59.7 Å². The molecular formula is C14H11NO3. The van der Waals surface area contributed by atoms with Crippen molar-refractivity contribution in [2.24, 2.45) is 4.99 Å². The van der Waals surface area contributed by atoms with E-state index in [0.29, 0.717) is 11.3 Å². The second-order valence-electron chi connectivity index (χ2n) is 3.67. The van der Waals surface area contributed by atoms with Crippen LogP contribution in [0.25, 0.3) is 0 Å². The Morgan fingerprint density at radius 1 is 1.06 bits per heavy atom. The molecule has 0 bridgehead atoms. The van der Waals surface area contributed by atoms with Gasteiger partial charge in [-0.15, -0.1) is 0 Å². The molecule has 0 aromatic heterocycles. The van der Waals surface area contributed by atoms with Crippen LogP contribution in [0.1, 0.15) is 15.9 Å². The molecule has 0 amide bonds. The van der Waals surface area contributed by atoms with Crippen LogP contribution in [0.4, 0.5) is 5.69 Å². The predicted molar refractivity (Wildman–Crippen MR) is 68.8 cm³/mol. The van der Waals surface area contributed by atoms with Crippen molar-refractivity contribution in [3.63, 3.8) is 0 Å². The minimum Gasteiger partial charge on any atom is -0.507 e. The molecule has 0 heterocycles. The number of phenols is 1. The van der Waals surface area contributed by atoms with Crippen LogP contribution in [-0.4, -0.2) is 22.4 Å². The Morgan fingerprint density at radius 2 is 1.72 bits per heavy atom. The van der Waals surface area contributed by atoms with Gasteiger partial charge in [0.15, 0.2) is 0 Å². The fraction of sp³-hybridized carbons (Fsp3) is 0. The molecule has 4 heteroatoms. The maximum Gasteiger partial charge on any atom is 0.335 e. The van der Waals surface area contributed by atoms with Crippen molar-refractivity contribution in [3.8, 4) is 5.75 Å². The van der Waals surface area contributed by atoms with Gasteiger partial charge in [-0.25, -0.2) is 4.79 Å². The summed E-state index contributed by atoms with van der Waals surface area (Å²) in [6.07, 6.45) is 1.53. The van der Waals surface area contributed by atoms with Gasteiger partial charge in [0, 0.05) is 11.8 Å². The molecule has 0 radical (unpaired) electrons. The maximum absolute atomic E-state index is 10.7. The SMILES string of the molecule is O=C(O)c1ccc(N=Cc2ccccc2O)cc1. The van der Waals surface area contributed by atoms with Gasteiger partial charge in [-0.1, -0.05) is 12.1 Å². The average Bonchev–Trinajstić information content (AvgIpc) is 2.38. The van der Waals surface area contributed by atoms with Crippen molar-refractivity contribution in [2.45, 2.75) is 0 Å². The second kappa shape index (κ2) is 5.14. The number of benzene rings is 2. The molecule has 2 N–H and O–H groups in total. The van der Waals surface area contributed by atoms with Crippen molar-refractivity contribution >= 4 is 17.9 Å². The third-order valence-electron chi connectivity index (χ3n) is 2.40. The maximum atomic E-state index is 10.7. The number of para-hydroxylation sites is 1. The predicted octanol–water partition coefficient (Wildman–Crippen LogP) is 2.84. The fourth-order valence-corrected chi connectivity index (χ4v) is 1.43. The lowest BCUT2D eigenvalue weighted by molar-refractivity contribution is 0.0697. The number of aliphatic imine (C=N–C) groups is 1. The van der Waals surface area contributed by atoms with Gasteiger partial charge in [0.25, 0.3) is 0 Å². The standard InChI is InChI=1S/C14H11NO3/c16-13-4-2-1-3-11(13)9-15-12-7-5-10(6-8-12)14(17)18/h1-9,16H,(H,17,18). The number of carbonyl (C=O) groups is 1. The molecule has 0 spiro atoms. The summed E-state index contributed by atoms with van der Waals surface area (Å²) >= 11 is 0. The molecule has 0 aliphatic heterocycles. The zero-order valence-corrected chi connectivity index (χ0v) is 9.45. The highest BCUT2D eigenvalue weighted by molar-refractivity contribution is 5.88. The number of carboxylic acids is 1. The first-order chi connectivity index (χ1) is 8.66. The molecule has 0 unspecified atom stereocenters. The Balaban J connectivity index is 2.19. The topological polar surface area (TPSA) is 69.9 Å². The molecule has 2 aromatic carbocycles. The summed E-state index contributed by atoms with van der Waals surface area (Å²) in [6, 6.07) is 13.0. The summed E-state index contributed by atoms with van der Waals surface area (Å²) in [5, 5.41) is 18.3. The zero-order chi connectivity index (χ0) is 13.0. The summed E-state index contributed by atoms with van der Waals surface area (Å²) in [6.45, 7) is 0. The summed E-state index contributed by atoms with van der Waals surface area (Å²) in [4.78, 5) is 14.8. The van der Waals surface area contributed by atoms with Crippen LogP contribution < -0.4 is 0 Å². The minimum atomic E-state index is -0.966. The molecule has 0 saturated carbocycles. The normalized spacial score (nSPS) is 10.7. The van der Waals surface area contributed by atoms with Crippen LogP contribution in [0.2, 0.25) is 0 Å². The Bertz CT molecular complexity index is 588. The minimum absolute atomic E-state index is 0.156. The van der Waals surface area contributed by atoms with E-state index in [1.54, 1.807) is 36.4 Å². The van der Waals surface area contributed by atoms with E-state index in [1.165, 1.54) is 18.3 Å². The van der Waals surface area contributed by atoms with Gasteiger partial charge >= 0.3 is 5.97 Å². The van der Waals surface area contributed by atoms with E-state index >= 15 is 0 Å². The van der Waals surface area contributed by atoms with E-state index < -0.39 is 5.97 Å². The second-order valence-corrected chi connectivity index (χ2v) is 3.67. The molecule has 90 valence electrons. The number of phenolic OH excluding ortho intramolecular Hbond substituents is 1. The van der Waals surface area contributed by atoms with Crippen LogP contribution in [0, 0.1) is 0 Å². The summed E-state index contributed by atoms with van der Waals surface area (Å²) < 4.78 is 0. The van der Waals surface area contributed by atoms with E-state index in [-0.39, 0.29) is 11.3 Å². The van der Waals surface area contributed by atoms with Crippen LogP contribution >= 0.6 is 0 Å². The number of carboxylic acid groups (broad SMARTS) is 1. The third kappa shape index (κ3) is 2.74. The number of aromatic hydroxyl groups is 1. The van der Waals surface area contributed by atoms with E-state index in [4.69, 9.17) is 5.11 Å². The number of hydrogen-bond donors (Lipinski definition) is 2. The van der Waals surface area contributed by atoms with Crippen molar-refractivity contribution < 1.29 is 15.0 Å². The first kappa shape index (κ1) is 11.9. The largest absolute Gasteiger partial charge is 0.507 e. The molecule has 0 aliphatic carbocycles. The number of rotatable bonds is 3. The van der Waals surface area contributed by atoms with Gasteiger partial charge in [-0.3, -0.25) is 4.99 Å². The molecule has 4 nitrogen and oxygen atoms in total. The first-order valence-corrected chi connectivity index (χ1v) is 5.32. The van der Waals surface area contributed by atoms with Gasteiger partial charge in [0.05, 0.1) is 11.3 Å². The molecule has 0 saturated heterocycles. The average molecular weight is 241 g/mol. The lowest BCUT2D eigenvalue weighted by atomic mass is 10.2. The van der Waals surface area contributed by atoms with Crippen LogP contribution in [0.15, 0.2) is 53.5 Å². The fourth-order valence-electron chi connectivity index (χ4n) is 1.43. The summed E-state index contributed by atoms with van der Waals surface area (Å²) in [5.41, 5.74) is 1.46. The number of hydrogen-bond acceptors (Lipinski definition) is 3. The molecular weight excluding hydrogens is 230 g/mol. The Labute approximate surface area is 104 Å².